The van der Waals surface area contributed by atoms with E-state index in [1.165, 1.54) is 6.33 Å². The van der Waals surface area contributed by atoms with Gasteiger partial charge < -0.3 is 25.0 Å². The van der Waals surface area contributed by atoms with E-state index < -0.39 is 0 Å². The second kappa shape index (κ2) is 11.2. The molecule has 8 nitrogen and oxygen atoms in total. The van der Waals surface area contributed by atoms with Crippen molar-refractivity contribution in [2.75, 3.05) is 38.7 Å². The molecule has 0 bridgehead atoms. The van der Waals surface area contributed by atoms with E-state index in [1.807, 2.05) is 24.0 Å². The number of ether oxygens (including phenoxy) is 2. The molecular formula is C27H32BrN5O3. The van der Waals surface area contributed by atoms with Gasteiger partial charge in [0, 0.05) is 54.6 Å². The first kappa shape index (κ1) is 25.1. The highest BCUT2D eigenvalue weighted by molar-refractivity contribution is 9.10. The van der Waals surface area contributed by atoms with Crippen LogP contribution >= 0.6 is 15.9 Å². The van der Waals surface area contributed by atoms with Crippen LogP contribution in [0.3, 0.4) is 0 Å². The summed E-state index contributed by atoms with van der Waals surface area (Å²) in [7, 11) is 1.74. The van der Waals surface area contributed by atoms with E-state index in [-0.39, 0.29) is 12.0 Å². The third-order valence-corrected chi connectivity index (χ3v) is 7.68. The highest BCUT2D eigenvalue weighted by atomic mass is 79.9. The average molecular weight is 554 g/mol. The zero-order valence-corrected chi connectivity index (χ0v) is 22.3. The highest BCUT2D eigenvalue weighted by Gasteiger charge is 2.31. The third kappa shape index (κ3) is 5.54. The number of rotatable bonds is 6. The normalized spacial score (nSPS) is 21.0. The number of likely N-dealkylation sites (tertiary alicyclic amines) is 1. The monoisotopic (exact) mass is 553 g/mol. The summed E-state index contributed by atoms with van der Waals surface area (Å²) in [6.45, 7) is 4.69. The number of nitrogens with one attached hydrogen (secondary N) is 2. The molecule has 0 radical (unpaired) electrons. The summed E-state index contributed by atoms with van der Waals surface area (Å²) in [4.78, 5) is 24.1. The van der Waals surface area contributed by atoms with Crippen molar-refractivity contribution in [1.82, 2.24) is 20.2 Å². The molecule has 2 N–H and O–H groups in total. The summed E-state index contributed by atoms with van der Waals surface area (Å²) in [5, 5.41) is 9.39. The van der Waals surface area contributed by atoms with E-state index in [9.17, 15) is 4.79 Å². The van der Waals surface area contributed by atoms with Gasteiger partial charge in [-0.1, -0.05) is 28.1 Å². The number of halogens is 1. The maximum absolute atomic E-state index is 13.4. The zero-order valence-electron chi connectivity index (χ0n) is 20.7. The number of hydrogen-bond acceptors (Lipinski definition) is 7. The second-order valence-electron chi connectivity index (χ2n) is 9.50. The van der Waals surface area contributed by atoms with Crippen molar-refractivity contribution < 1.29 is 14.3 Å². The fourth-order valence-electron chi connectivity index (χ4n) is 5.06. The molecule has 2 aliphatic rings. The van der Waals surface area contributed by atoms with Crippen LogP contribution in [0.25, 0.3) is 10.8 Å². The summed E-state index contributed by atoms with van der Waals surface area (Å²) in [5.74, 6) is 0.604. The molecule has 0 spiro atoms. The Hall–Kier alpha value is -2.59. The first-order valence-corrected chi connectivity index (χ1v) is 13.2. The number of carbonyl (C=O) groups is 1. The maximum Gasteiger partial charge on any atom is 0.272 e. The first-order chi connectivity index (χ1) is 17.5. The lowest BCUT2D eigenvalue weighted by Crippen LogP contribution is -2.54. The lowest BCUT2D eigenvalue weighted by atomic mass is 9.99. The van der Waals surface area contributed by atoms with Crippen LogP contribution in [0.15, 0.2) is 47.2 Å². The van der Waals surface area contributed by atoms with Gasteiger partial charge in [0.05, 0.1) is 12.7 Å². The van der Waals surface area contributed by atoms with E-state index >= 15 is 0 Å². The van der Waals surface area contributed by atoms with Crippen LogP contribution in [-0.2, 0) is 9.47 Å². The van der Waals surface area contributed by atoms with E-state index in [2.05, 4.69) is 60.8 Å². The standard InChI is InChI=1S/C27H32BrN5O3/c1-17-25(27(34)33-10-7-21(8-11-33)31-23-9-12-36-15-24(23)35-2)29-16-30-26(17)32-22-6-4-18-13-20(28)5-3-19(18)14-22/h3-6,13-14,16,21,23-24,31H,7-12,15H2,1-2H3,(H,29,30,32)/t23-,24+/m1/s1. The molecule has 3 heterocycles. The molecule has 2 saturated heterocycles. The third-order valence-electron chi connectivity index (χ3n) is 7.19. The second-order valence-corrected chi connectivity index (χ2v) is 10.4. The highest BCUT2D eigenvalue weighted by Crippen LogP contribution is 2.26. The molecule has 36 heavy (non-hydrogen) atoms. The van der Waals surface area contributed by atoms with Crippen molar-refractivity contribution in [3.63, 3.8) is 0 Å². The fraction of sp³-hybridized carbons (Fsp3) is 0.444. The molecule has 9 heteroatoms. The van der Waals surface area contributed by atoms with Gasteiger partial charge in [0.15, 0.2) is 0 Å². The molecular weight excluding hydrogens is 522 g/mol. The Morgan fingerprint density at radius 1 is 1.11 bits per heavy atom. The number of carbonyl (C=O) groups excluding carboxylic acids is 1. The van der Waals surface area contributed by atoms with Crippen LogP contribution in [0.5, 0.6) is 0 Å². The first-order valence-electron chi connectivity index (χ1n) is 12.5. The Labute approximate surface area is 219 Å². The Kier molecular flexibility index (Phi) is 7.81. The van der Waals surface area contributed by atoms with E-state index in [0.717, 1.165) is 52.4 Å². The summed E-state index contributed by atoms with van der Waals surface area (Å²) >= 11 is 3.52. The van der Waals surface area contributed by atoms with Gasteiger partial charge in [0.1, 0.15) is 17.8 Å². The molecule has 0 unspecified atom stereocenters. The number of nitrogens with zero attached hydrogens (tertiary/aromatic N) is 3. The minimum Gasteiger partial charge on any atom is -0.379 e. The topological polar surface area (TPSA) is 88.6 Å². The molecule has 2 fully saturated rings. The fourth-order valence-corrected chi connectivity index (χ4v) is 5.44. The Balaban J connectivity index is 1.23. The number of fused-ring (bicyclic) bond motifs is 1. The van der Waals surface area contributed by atoms with Gasteiger partial charge in [0.2, 0.25) is 0 Å². The molecule has 1 amide bonds. The number of piperidine rings is 1. The Bertz CT molecular complexity index is 1230. The number of aromatic nitrogens is 2. The molecule has 3 aromatic rings. The van der Waals surface area contributed by atoms with Crippen molar-refractivity contribution in [3.8, 4) is 0 Å². The summed E-state index contributed by atoms with van der Waals surface area (Å²) in [6, 6.07) is 13.0. The van der Waals surface area contributed by atoms with Crippen LogP contribution in [0.2, 0.25) is 0 Å². The number of anilines is 2. The van der Waals surface area contributed by atoms with Gasteiger partial charge in [-0.05, 0) is 61.2 Å². The van der Waals surface area contributed by atoms with Crippen molar-refractivity contribution in [2.45, 2.75) is 44.4 Å². The van der Waals surface area contributed by atoms with Crippen molar-refractivity contribution in [2.24, 2.45) is 0 Å². The average Bonchev–Trinajstić information content (AvgIpc) is 2.90. The van der Waals surface area contributed by atoms with E-state index in [4.69, 9.17) is 9.47 Å². The predicted octanol–water partition coefficient (Wildman–Crippen LogP) is 4.44. The van der Waals surface area contributed by atoms with E-state index in [0.29, 0.717) is 43.3 Å². The van der Waals surface area contributed by atoms with Crippen molar-refractivity contribution in [3.05, 3.63) is 58.5 Å². The van der Waals surface area contributed by atoms with Crippen LogP contribution in [-0.4, -0.2) is 72.4 Å². The minimum atomic E-state index is -0.0411. The van der Waals surface area contributed by atoms with Crippen LogP contribution in [0.1, 0.15) is 35.3 Å². The number of amides is 1. The minimum absolute atomic E-state index is 0.0411. The molecule has 1 aromatic heterocycles. The van der Waals surface area contributed by atoms with Crippen LogP contribution in [0, 0.1) is 6.92 Å². The quantitative estimate of drug-likeness (QED) is 0.466. The molecule has 2 aliphatic heterocycles. The van der Waals surface area contributed by atoms with Gasteiger partial charge in [-0.2, -0.15) is 0 Å². The molecule has 0 saturated carbocycles. The van der Waals surface area contributed by atoms with Gasteiger partial charge in [0.25, 0.3) is 5.91 Å². The van der Waals surface area contributed by atoms with Crippen LogP contribution < -0.4 is 10.6 Å². The lowest BCUT2D eigenvalue weighted by Gasteiger charge is -2.38. The van der Waals surface area contributed by atoms with Crippen LogP contribution in [0.4, 0.5) is 11.5 Å². The van der Waals surface area contributed by atoms with Crippen molar-refractivity contribution in [1.29, 1.82) is 0 Å². The Morgan fingerprint density at radius 2 is 1.89 bits per heavy atom. The van der Waals surface area contributed by atoms with Gasteiger partial charge in [-0.3, -0.25) is 4.79 Å². The smallest absolute Gasteiger partial charge is 0.272 e. The van der Waals surface area contributed by atoms with Gasteiger partial charge in [-0.15, -0.1) is 0 Å². The zero-order chi connectivity index (χ0) is 25.1. The number of hydrogen-bond donors (Lipinski definition) is 2. The predicted molar refractivity (Wildman–Crippen MR) is 144 cm³/mol. The summed E-state index contributed by atoms with van der Waals surface area (Å²) in [6.07, 6.45) is 4.30. The number of benzene rings is 2. The van der Waals surface area contributed by atoms with Crippen molar-refractivity contribution >= 4 is 44.1 Å². The summed E-state index contributed by atoms with van der Waals surface area (Å²) in [5.41, 5.74) is 2.12. The maximum atomic E-state index is 13.4. The summed E-state index contributed by atoms with van der Waals surface area (Å²) < 4.78 is 12.2. The number of methoxy groups -OCH3 is 1. The molecule has 0 aliphatic carbocycles. The van der Waals surface area contributed by atoms with Gasteiger partial charge >= 0.3 is 0 Å². The lowest BCUT2D eigenvalue weighted by molar-refractivity contribution is -0.0533. The largest absolute Gasteiger partial charge is 0.379 e. The molecule has 2 aromatic carbocycles. The molecule has 5 rings (SSSR count). The molecule has 2 atom stereocenters. The Morgan fingerprint density at radius 3 is 2.69 bits per heavy atom. The van der Waals surface area contributed by atoms with Gasteiger partial charge in [-0.25, -0.2) is 9.97 Å². The SMILES string of the molecule is CO[C@H]1COCC[C@H]1NC1CCN(C(=O)c2ncnc(Nc3ccc4cc(Br)ccc4c3)c2C)CC1. The van der Waals surface area contributed by atoms with E-state index in [1.54, 1.807) is 7.11 Å². The molecule has 190 valence electrons.